The van der Waals surface area contributed by atoms with Gasteiger partial charge in [0.1, 0.15) is 0 Å². The zero-order valence-electron chi connectivity index (χ0n) is 11.8. The van der Waals surface area contributed by atoms with Gasteiger partial charge in [-0.25, -0.2) is 8.42 Å². The van der Waals surface area contributed by atoms with Gasteiger partial charge in [-0.15, -0.1) is 0 Å². The van der Waals surface area contributed by atoms with Crippen LogP contribution in [-0.4, -0.2) is 25.3 Å². The topological polar surface area (TPSA) is 37.4 Å². The molecular weight excluding hydrogens is 258 g/mol. The summed E-state index contributed by atoms with van der Waals surface area (Å²) in [6, 6.07) is 7.46. The molecule has 0 aromatic heterocycles. The van der Waals surface area contributed by atoms with Crippen LogP contribution in [0.1, 0.15) is 44.6 Å². The fraction of sp³-hybridized carbons (Fsp3) is 0.600. The van der Waals surface area contributed by atoms with Crippen LogP contribution in [0.2, 0.25) is 0 Å². The average Bonchev–Trinajstić information content (AvgIpc) is 2.40. The second-order valence-electron chi connectivity index (χ2n) is 5.32. The Hall–Kier alpha value is -0.870. The second kappa shape index (κ2) is 6.06. The van der Waals surface area contributed by atoms with E-state index >= 15 is 0 Å². The van der Waals surface area contributed by atoms with Crippen LogP contribution in [0.25, 0.3) is 0 Å². The molecule has 1 aromatic rings. The Morgan fingerprint density at radius 3 is 2.68 bits per heavy atom. The summed E-state index contributed by atoms with van der Waals surface area (Å²) in [6.07, 6.45) is 5.12. The van der Waals surface area contributed by atoms with E-state index in [-0.39, 0.29) is 6.04 Å². The maximum Gasteiger partial charge on any atom is 0.243 e. The SMILES string of the molecule is CCCC1CCCCN1S(=O)(=O)c1ccccc1C. The van der Waals surface area contributed by atoms with Gasteiger partial charge in [0.05, 0.1) is 4.90 Å². The summed E-state index contributed by atoms with van der Waals surface area (Å²) in [7, 11) is -3.33. The molecule has 106 valence electrons. The molecule has 0 amide bonds. The van der Waals surface area contributed by atoms with Crippen molar-refractivity contribution >= 4 is 10.0 Å². The number of rotatable bonds is 4. The van der Waals surface area contributed by atoms with Crippen molar-refractivity contribution in [3.05, 3.63) is 29.8 Å². The van der Waals surface area contributed by atoms with Crippen LogP contribution in [0.3, 0.4) is 0 Å². The molecule has 0 bridgehead atoms. The van der Waals surface area contributed by atoms with Crippen molar-refractivity contribution in [3.8, 4) is 0 Å². The van der Waals surface area contributed by atoms with Gasteiger partial charge >= 0.3 is 0 Å². The number of hydrogen-bond donors (Lipinski definition) is 0. The molecule has 1 aliphatic rings. The highest BCUT2D eigenvalue weighted by Crippen LogP contribution is 2.28. The standard InChI is InChI=1S/C15H23NO2S/c1-3-8-14-10-6-7-12-16(14)19(17,18)15-11-5-4-9-13(15)2/h4-5,9,11,14H,3,6-8,10,12H2,1-2H3. The molecule has 2 rings (SSSR count). The Morgan fingerprint density at radius 2 is 2.00 bits per heavy atom. The number of aryl methyl sites for hydroxylation is 1. The molecular formula is C15H23NO2S. The van der Waals surface area contributed by atoms with Crippen molar-refractivity contribution in [1.82, 2.24) is 4.31 Å². The fourth-order valence-corrected chi connectivity index (χ4v) is 4.84. The van der Waals surface area contributed by atoms with Crippen LogP contribution in [0, 0.1) is 6.92 Å². The molecule has 0 aliphatic carbocycles. The highest BCUT2D eigenvalue weighted by molar-refractivity contribution is 7.89. The Labute approximate surface area is 116 Å². The summed E-state index contributed by atoms with van der Waals surface area (Å²) >= 11 is 0. The van der Waals surface area contributed by atoms with E-state index < -0.39 is 10.0 Å². The van der Waals surface area contributed by atoms with E-state index in [0.717, 1.165) is 37.7 Å². The largest absolute Gasteiger partial charge is 0.243 e. The molecule has 0 N–H and O–H groups in total. The van der Waals surface area contributed by atoms with Crippen LogP contribution in [0.15, 0.2) is 29.2 Å². The van der Waals surface area contributed by atoms with Gasteiger partial charge in [0.15, 0.2) is 0 Å². The lowest BCUT2D eigenvalue weighted by atomic mass is 10.0. The quantitative estimate of drug-likeness (QED) is 0.849. The van der Waals surface area contributed by atoms with E-state index in [1.165, 1.54) is 0 Å². The van der Waals surface area contributed by atoms with Crippen molar-refractivity contribution < 1.29 is 8.42 Å². The van der Waals surface area contributed by atoms with Gasteiger partial charge in [-0.2, -0.15) is 4.31 Å². The third kappa shape index (κ3) is 3.00. The lowest BCUT2D eigenvalue weighted by molar-refractivity contribution is 0.239. The van der Waals surface area contributed by atoms with Crippen molar-refractivity contribution in [2.45, 2.75) is 56.9 Å². The molecule has 1 heterocycles. The summed E-state index contributed by atoms with van der Waals surface area (Å²) < 4.78 is 27.4. The first-order valence-electron chi connectivity index (χ1n) is 7.15. The molecule has 1 aromatic carbocycles. The van der Waals surface area contributed by atoms with E-state index in [1.807, 2.05) is 19.1 Å². The zero-order valence-corrected chi connectivity index (χ0v) is 12.6. The van der Waals surface area contributed by atoms with Crippen molar-refractivity contribution in [3.63, 3.8) is 0 Å². The Balaban J connectivity index is 2.35. The summed E-state index contributed by atoms with van der Waals surface area (Å²) in [4.78, 5) is 0.470. The van der Waals surface area contributed by atoms with Crippen LogP contribution < -0.4 is 0 Å². The summed E-state index contributed by atoms with van der Waals surface area (Å²) in [5.41, 5.74) is 0.836. The van der Waals surface area contributed by atoms with Crippen LogP contribution in [0.4, 0.5) is 0 Å². The van der Waals surface area contributed by atoms with Gasteiger partial charge in [0.2, 0.25) is 10.0 Å². The molecule has 3 nitrogen and oxygen atoms in total. The minimum atomic E-state index is -3.33. The fourth-order valence-electron chi connectivity index (χ4n) is 2.88. The molecule has 1 aliphatic heterocycles. The van der Waals surface area contributed by atoms with E-state index in [2.05, 4.69) is 6.92 Å². The van der Waals surface area contributed by atoms with Crippen LogP contribution in [0.5, 0.6) is 0 Å². The maximum absolute atomic E-state index is 12.8. The summed E-state index contributed by atoms with van der Waals surface area (Å²) in [5, 5.41) is 0. The number of benzene rings is 1. The molecule has 1 saturated heterocycles. The van der Waals surface area contributed by atoms with Crippen LogP contribution in [-0.2, 0) is 10.0 Å². The third-order valence-corrected chi connectivity index (χ3v) is 5.99. The van der Waals surface area contributed by atoms with Crippen molar-refractivity contribution in [2.75, 3.05) is 6.54 Å². The average molecular weight is 281 g/mol. The Morgan fingerprint density at radius 1 is 1.26 bits per heavy atom. The van der Waals surface area contributed by atoms with Gasteiger partial charge in [-0.1, -0.05) is 38.0 Å². The van der Waals surface area contributed by atoms with Gasteiger partial charge in [0, 0.05) is 12.6 Å². The lowest BCUT2D eigenvalue weighted by Gasteiger charge is -2.35. The summed E-state index contributed by atoms with van der Waals surface area (Å²) in [5.74, 6) is 0. The molecule has 4 heteroatoms. The normalized spacial score (nSPS) is 21.5. The van der Waals surface area contributed by atoms with E-state index in [9.17, 15) is 8.42 Å². The van der Waals surface area contributed by atoms with Gasteiger partial charge < -0.3 is 0 Å². The maximum atomic E-state index is 12.8. The first kappa shape index (κ1) is 14.5. The highest BCUT2D eigenvalue weighted by Gasteiger charge is 2.33. The van der Waals surface area contributed by atoms with Gasteiger partial charge in [-0.3, -0.25) is 0 Å². The third-order valence-electron chi connectivity index (χ3n) is 3.88. The first-order chi connectivity index (χ1) is 9.07. The number of sulfonamides is 1. The number of piperidine rings is 1. The first-order valence-corrected chi connectivity index (χ1v) is 8.59. The number of nitrogens with zero attached hydrogens (tertiary/aromatic N) is 1. The lowest BCUT2D eigenvalue weighted by Crippen LogP contribution is -2.43. The predicted octanol–water partition coefficient (Wildman–Crippen LogP) is 3.34. The van der Waals surface area contributed by atoms with Gasteiger partial charge in [-0.05, 0) is 37.8 Å². The minimum absolute atomic E-state index is 0.184. The van der Waals surface area contributed by atoms with Gasteiger partial charge in [0.25, 0.3) is 0 Å². The molecule has 1 fully saturated rings. The monoisotopic (exact) mass is 281 g/mol. The Kier molecular flexibility index (Phi) is 4.63. The molecule has 19 heavy (non-hydrogen) atoms. The second-order valence-corrected chi connectivity index (χ2v) is 7.18. The number of hydrogen-bond acceptors (Lipinski definition) is 2. The van der Waals surface area contributed by atoms with E-state index in [1.54, 1.807) is 16.4 Å². The van der Waals surface area contributed by atoms with Crippen molar-refractivity contribution in [2.24, 2.45) is 0 Å². The van der Waals surface area contributed by atoms with E-state index in [0.29, 0.717) is 11.4 Å². The zero-order chi connectivity index (χ0) is 13.9. The minimum Gasteiger partial charge on any atom is -0.207 e. The summed E-state index contributed by atoms with van der Waals surface area (Å²) in [6.45, 7) is 4.65. The molecule has 0 spiro atoms. The Bertz CT molecular complexity index is 523. The molecule has 0 radical (unpaired) electrons. The van der Waals surface area contributed by atoms with Crippen LogP contribution >= 0.6 is 0 Å². The molecule has 0 saturated carbocycles. The van der Waals surface area contributed by atoms with Crippen molar-refractivity contribution in [1.29, 1.82) is 0 Å². The predicted molar refractivity (Wildman–Crippen MR) is 77.6 cm³/mol. The smallest absolute Gasteiger partial charge is 0.207 e. The molecule has 1 atom stereocenters. The van der Waals surface area contributed by atoms with E-state index in [4.69, 9.17) is 0 Å². The highest BCUT2D eigenvalue weighted by atomic mass is 32.2. The molecule has 1 unspecified atom stereocenters.